The second-order valence-corrected chi connectivity index (χ2v) is 6.90. The summed E-state index contributed by atoms with van der Waals surface area (Å²) < 4.78 is 43.8. The standard InChI is InChI=1S/C14H19F3INO2/c1-13(2,3)19-7-10(20)8-21-12-6-9(14(15,16)17)4-5-11(12)18/h4-6,10,19-20H,7-8H2,1-3H3. The van der Waals surface area contributed by atoms with Crippen molar-refractivity contribution in [2.24, 2.45) is 0 Å². The fourth-order valence-corrected chi connectivity index (χ4v) is 1.95. The Hall–Kier alpha value is -0.540. The first kappa shape index (κ1) is 18.5. The molecule has 0 aromatic heterocycles. The molecule has 1 aromatic rings. The van der Waals surface area contributed by atoms with Gasteiger partial charge in [-0.05, 0) is 61.6 Å². The maximum Gasteiger partial charge on any atom is 0.416 e. The third-order valence-electron chi connectivity index (χ3n) is 2.56. The van der Waals surface area contributed by atoms with Crippen LogP contribution in [-0.2, 0) is 6.18 Å². The third kappa shape index (κ3) is 6.84. The summed E-state index contributed by atoms with van der Waals surface area (Å²) in [5.41, 5.74) is -0.911. The lowest BCUT2D eigenvalue weighted by molar-refractivity contribution is -0.137. The smallest absolute Gasteiger partial charge is 0.416 e. The van der Waals surface area contributed by atoms with E-state index in [0.29, 0.717) is 10.1 Å². The molecular formula is C14H19F3INO2. The predicted molar refractivity (Wildman–Crippen MR) is 83.4 cm³/mol. The minimum atomic E-state index is -4.41. The van der Waals surface area contributed by atoms with Crippen molar-refractivity contribution in [3.05, 3.63) is 27.3 Å². The Morgan fingerprint density at radius 3 is 2.43 bits per heavy atom. The fraction of sp³-hybridized carbons (Fsp3) is 0.571. The largest absolute Gasteiger partial charge is 0.490 e. The Labute approximate surface area is 136 Å². The molecule has 1 atom stereocenters. The summed E-state index contributed by atoms with van der Waals surface area (Å²) in [4.78, 5) is 0. The van der Waals surface area contributed by atoms with E-state index in [1.807, 2.05) is 43.4 Å². The fourth-order valence-electron chi connectivity index (χ4n) is 1.46. The van der Waals surface area contributed by atoms with Gasteiger partial charge >= 0.3 is 6.18 Å². The van der Waals surface area contributed by atoms with Gasteiger partial charge in [0, 0.05) is 12.1 Å². The van der Waals surface area contributed by atoms with E-state index in [1.54, 1.807) is 0 Å². The lowest BCUT2D eigenvalue weighted by atomic mass is 10.1. The minimum Gasteiger partial charge on any atom is -0.490 e. The Kier molecular flexibility index (Phi) is 6.30. The molecule has 0 fully saturated rings. The van der Waals surface area contributed by atoms with Gasteiger partial charge in [-0.25, -0.2) is 0 Å². The molecule has 1 unspecified atom stereocenters. The van der Waals surface area contributed by atoms with E-state index in [2.05, 4.69) is 5.32 Å². The number of rotatable bonds is 5. The first-order chi connectivity index (χ1) is 9.49. The molecule has 0 aliphatic carbocycles. The molecule has 1 rings (SSSR count). The maximum atomic E-state index is 12.6. The molecular weight excluding hydrogens is 398 g/mol. The van der Waals surface area contributed by atoms with Crippen LogP contribution in [0.2, 0.25) is 0 Å². The Bertz CT molecular complexity index is 472. The summed E-state index contributed by atoms with van der Waals surface area (Å²) in [6.07, 6.45) is -5.20. The summed E-state index contributed by atoms with van der Waals surface area (Å²) in [7, 11) is 0. The van der Waals surface area contributed by atoms with Crippen molar-refractivity contribution in [2.45, 2.75) is 38.6 Å². The van der Waals surface area contributed by atoms with Crippen LogP contribution in [0.4, 0.5) is 13.2 Å². The van der Waals surface area contributed by atoms with Crippen LogP contribution in [0.5, 0.6) is 5.75 Å². The van der Waals surface area contributed by atoms with E-state index in [4.69, 9.17) is 4.74 Å². The second-order valence-electron chi connectivity index (χ2n) is 5.74. The van der Waals surface area contributed by atoms with Crippen molar-refractivity contribution in [3.63, 3.8) is 0 Å². The van der Waals surface area contributed by atoms with Crippen molar-refractivity contribution in [3.8, 4) is 5.75 Å². The third-order valence-corrected chi connectivity index (χ3v) is 3.45. The van der Waals surface area contributed by atoms with Crippen LogP contribution < -0.4 is 10.1 Å². The summed E-state index contributed by atoms with van der Waals surface area (Å²) in [6, 6.07) is 3.30. The van der Waals surface area contributed by atoms with Crippen LogP contribution in [0, 0.1) is 3.57 Å². The normalized spacial score (nSPS) is 14.1. The van der Waals surface area contributed by atoms with Gasteiger partial charge in [0.15, 0.2) is 0 Å². The molecule has 7 heteroatoms. The molecule has 0 heterocycles. The van der Waals surface area contributed by atoms with Crippen LogP contribution in [0.15, 0.2) is 18.2 Å². The van der Waals surface area contributed by atoms with E-state index < -0.39 is 17.8 Å². The number of benzene rings is 1. The molecule has 0 aliphatic heterocycles. The topological polar surface area (TPSA) is 41.5 Å². The molecule has 3 nitrogen and oxygen atoms in total. The minimum absolute atomic E-state index is 0.0691. The molecule has 0 saturated heterocycles. The number of β-amino-alcohol motifs (C(OH)–C–C–N with tert-alkyl or cyclic N) is 1. The lowest BCUT2D eigenvalue weighted by Gasteiger charge is -2.23. The van der Waals surface area contributed by atoms with Crippen LogP contribution in [0.1, 0.15) is 26.3 Å². The van der Waals surface area contributed by atoms with Gasteiger partial charge in [-0.1, -0.05) is 0 Å². The van der Waals surface area contributed by atoms with Crippen molar-refractivity contribution >= 4 is 22.6 Å². The van der Waals surface area contributed by atoms with E-state index in [1.165, 1.54) is 6.07 Å². The van der Waals surface area contributed by atoms with E-state index >= 15 is 0 Å². The van der Waals surface area contributed by atoms with Gasteiger partial charge in [-0.15, -0.1) is 0 Å². The number of nitrogens with one attached hydrogen (secondary N) is 1. The van der Waals surface area contributed by atoms with Crippen LogP contribution in [0.25, 0.3) is 0 Å². The lowest BCUT2D eigenvalue weighted by Crippen LogP contribution is -2.42. The highest BCUT2D eigenvalue weighted by Gasteiger charge is 2.31. The molecule has 0 radical (unpaired) electrons. The molecule has 0 spiro atoms. The van der Waals surface area contributed by atoms with Gasteiger partial charge in [0.2, 0.25) is 0 Å². The first-order valence-corrected chi connectivity index (χ1v) is 7.49. The molecule has 21 heavy (non-hydrogen) atoms. The van der Waals surface area contributed by atoms with Crippen molar-refractivity contribution in [1.82, 2.24) is 5.32 Å². The first-order valence-electron chi connectivity index (χ1n) is 6.42. The van der Waals surface area contributed by atoms with Gasteiger partial charge in [-0.3, -0.25) is 0 Å². The molecule has 120 valence electrons. The van der Waals surface area contributed by atoms with Gasteiger partial charge in [0.05, 0.1) is 9.13 Å². The van der Waals surface area contributed by atoms with Crippen molar-refractivity contribution in [1.29, 1.82) is 0 Å². The zero-order valence-electron chi connectivity index (χ0n) is 12.1. The number of halogens is 4. The Morgan fingerprint density at radius 1 is 1.29 bits per heavy atom. The SMILES string of the molecule is CC(C)(C)NCC(O)COc1cc(C(F)(F)F)ccc1I. The summed E-state index contributed by atoms with van der Waals surface area (Å²) >= 11 is 1.90. The van der Waals surface area contributed by atoms with Crippen molar-refractivity contribution < 1.29 is 23.0 Å². The number of ether oxygens (including phenoxy) is 1. The summed E-state index contributed by atoms with van der Waals surface area (Å²) in [5.74, 6) is 0.125. The molecule has 1 aromatic carbocycles. The monoisotopic (exact) mass is 417 g/mol. The number of hydrogen-bond donors (Lipinski definition) is 2. The highest BCUT2D eigenvalue weighted by atomic mass is 127. The summed E-state index contributed by atoms with van der Waals surface area (Å²) in [5, 5.41) is 12.9. The highest BCUT2D eigenvalue weighted by molar-refractivity contribution is 14.1. The molecule has 0 amide bonds. The average Bonchev–Trinajstić information content (AvgIpc) is 2.33. The number of alkyl halides is 3. The number of aliphatic hydroxyl groups excluding tert-OH is 1. The van der Waals surface area contributed by atoms with Gasteiger partial charge in [0.1, 0.15) is 18.5 Å². The number of hydrogen-bond acceptors (Lipinski definition) is 3. The van der Waals surface area contributed by atoms with E-state index in [9.17, 15) is 18.3 Å². The highest BCUT2D eigenvalue weighted by Crippen LogP contribution is 2.33. The van der Waals surface area contributed by atoms with Crippen LogP contribution in [0.3, 0.4) is 0 Å². The maximum absolute atomic E-state index is 12.6. The van der Waals surface area contributed by atoms with E-state index in [-0.39, 0.29) is 17.9 Å². The molecule has 0 aliphatic rings. The van der Waals surface area contributed by atoms with Gasteiger partial charge < -0.3 is 15.2 Å². The van der Waals surface area contributed by atoms with Crippen LogP contribution >= 0.6 is 22.6 Å². The number of aliphatic hydroxyl groups is 1. The zero-order chi connectivity index (χ0) is 16.3. The molecule has 0 saturated carbocycles. The van der Waals surface area contributed by atoms with Gasteiger partial charge in [0.25, 0.3) is 0 Å². The summed E-state index contributed by atoms with van der Waals surface area (Å²) in [6.45, 7) is 6.10. The Balaban J connectivity index is 2.63. The second kappa shape index (κ2) is 7.15. The average molecular weight is 417 g/mol. The van der Waals surface area contributed by atoms with Crippen molar-refractivity contribution in [2.75, 3.05) is 13.2 Å². The predicted octanol–water partition coefficient (Wildman–Crippen LogP) is 3.44. The van der Waals surface area contributed by atoms with Crippen LogP contribution in [-0.4, -0.2) is 29.9 Å². The zero-order valence-corrected chi connectivity index (χ0v) is 14.2. The molecule has 2 N–H and O–H groups in total. The van der Waals surface area contributed by atoms with Gasteiger partial charge in [-0.2, -0.15) is 13.2 Å². The van der Waals surface area contributed by atoms with E-state index in [0.717, 1.165) is 12.1 Å². The Morgan fingerprint density at radius 2 is 1.90 bits per heavy atom. The quantitative estimate of drug-likeness (QED) is 0.722. The molecule has 0 bridgehead atoms.